The smallest absolute Gasteiger partial charge is 0.233 e. The highest BCUT2D eigenvalue weighted by atomic mass is 16.4. The summed E-state index contributed by atoms with van der Waals surface area (Å²) in [5.74, 6) is 0.112. The van der Waals surface area contributed by atoms with E-state index in [1.807, 2.05) is 18.7 Å². The van der Waals surface area contributed by atoms with Crippen molar-refractivity contribution in [1.82, 2.24) is 4.90 Å². The van der Waals surface area contributed by atoms with E-state index in [1.54, 1.807) is 0 Å². The Morgan fingerprint density at radius 2 is 1.95 bits per heavy atom. The van der Waals surface area contributed by atoms with Crippen molar-refractivity contribution in [1.29, 1.82) is 0 Å². The Kier molecular flexibility index (Phi) is 5.63. The summed E-state index contributed by atoms with van der Waals surface area (Å²) in [6, 6.07) is 0.360. The van der Waals surface area contributed by atoms with Crippen molar-refractivity contribution in [2.24, 2.45) is 28.6 Å². The highest BCUT2D eigenvalue weighted by molar-refractivity contribution is 6.02. The molecule has 1 fully saturated rings. The van der Waals surface area contributed by atoms with Gasteiger partial charge in [0.2, 0.25) is 5.91 Å². The molecule has 3 N–H and O–H groups in total. The molecule has 0 aromatic rings. The van der Waals surface area contributed by atoms with Crippen LogP contribution in [0.4, 0.5) is 0 Å². The van der Waals surface area contributed by atoms with Crippen LogP contribution < -0.4 is 5.73 Å². The molecule has 0 aromatic carbocycles. The molecule has 0 radical (unpaired) electrons. The van der Waals surface area contributed by atoms with E-state index in [2.05, 4.69) is 19.0 Å². The van der Waals surface area contributed by atoms with Crippen LogP contribution >= 0.6 is 0 Å². The summed E-state index contributed by atoms with van der Waals surface area (Å²) in [5.41, 5.74) is 5.69. The van der Waals surface area contributed by atoms with Crippen LogP contribution in [0.25, 0.3) is 0 Å². The topological polar surface area (TPSA) is 78.9 Å². The van der Waals surface area contributed by atoms with E-state index in [4.69, 9.17) is 10.9 Å². The lowest BCUT2D eigenvalue weighted by Crippen LogP contribution is -2.46. The van der Waals surface area contributed by atoms with E-state index in [0.717, 1.165) is 25.8 Å². The number of rotatable bonds is 7. The monoisotopic (exact) mass is 269 g/mol. The van der Waals surface area contributed by atoms with Crippen LogP contribution in [0, 0.1) is 17.8 Å². The van der Waals surface area contributed by atoms with E-state index in [9.17, 15) is 4.79 Å². The molecule has 1 aliphatic rings. The second kappa shape index (κ2) is 6.78. The Balaban J connectivity index is 2.78. The van der Waals surface area contributed by atoms with Gasteiger partial charge in [0, 0.05) is 12.6 Å². The van der Waals surface area contributed by atoms with Gasteiger partial charge in [0.15, 0.2) is 5.84 Å². The molecule has 0 aromatic heterocycles. The zero-order valence-corrected chi connectivity index (χ0v) is 12.5. The first kappa shape index (κ1) is 15.8. The molecular formula is C14H27N3O2. The van der Waals surface area contributed by atoms with Gasteiger partial charge in [-0.2, -0.15) is 0 Å². The van der Waals surface area contributed by atoms with Crippen molar-refractivity contribution in [3.05, 3.63) is 0 Å². The lowest BCUT2D eigenvalue weighted by molar-refractivity contribution is -0.135. The van der Waals surface area contributed by atoms with Crippen molar-refractivity contribution < 1.29 is 10.0 Å². The second-order valence-electron chi connectivity index (χ2n) is 6.19. The van der Waals surface area contributed by atoms with Crippen molar-refractivity contribution in [3.63, 3.8) is 0 Å². The van der Waals surface area contributed by atoms with Crippen molar-refractivity contribution in [3.8, 4) is 0 Å². The Hall–Kier alpha value is -1.26. The van der Waals surface area contributed by atoms with E-state index >= 15 is 0 Å². The summed E-state index contributed by atoms with van der Waals surface area (Å²) in [5, 5.41) is 11.9. The second-order valence-corrected chi connectivity index (χ2v) is 6.19. The summed E-state index contributed by atoms with van der Waals surface area (Å²) < 4.78 is 0. The van der Waals surface area contributed by atoms with Crippen LogP contribution in [-0.4, -0.2) is 34.4 Å². The molecule has 1 saturated carbocycles. The van der Waals surface area contributed by atoms with Gasteiger partial charge in [0.25, 0.3) is 0 Å². The minimum Gasteiger partial charge on any atom is -0.409 e. The highest BCUT2D eigenvalue weighted by Crippen LogP contribution is 2.30. The fourth-order valence-corrected chi connectivity index (χ4v) is 2.25. The molecule has 0 spiro atoms. The van der Waals surface area contributed by atoms with E-state index in [0.29, 0.717) is 12.0 Å². The van der Waals surface area contributed by atoms with Gasteiger partial charge in [-0.3, -0.25) is 4.79 Å². The molecule has 0 saturated heterocycles. The molecule has 1 unspecified atom stereocenters. The van der Waals surface area contributed by atoms with Crippen LogP contribution in [-0.2, 0) is 4.79 Å². The summed E-state index contributed by atoms with van der Waals surface area (Å²) >= 11 is 0. The number of nitrogens with two attached hydrogens (primary N) is 1. The van der Waals surface area contributed by atoms with E-state index in [-0.39, 0.29) is 17.7 Å². The maximum Gasteiger partial charge on any atom is 0.233 e. The third-order valence-electron chi connectivity index (χ3n) is 3.58. The van der Waals surface area contributed by atoms with Gasteiger partial charge < -0.3 is 15.8 Å². The fourth-order valence-electron chi connectivity index (χ4n) is 2.25. The summed E-state index contributed by atoms with van der Waals surface area (Å²) in [6.45, 7) is 8.92. The van der Waals surface area contributed by atoms with Crippen molar-refractivity contribution in [2.75, 3.05) is 6.54 Å². The lowest BCUT2D eigenvalue weighted by atomic mass is 9.93. The Morgan fingerprint density at radius 3 is 2.32 bits per heavy atom. The van der Waals surface area contributed by atoms with Crippen LogP contribution in [0.1, 0.15) is 47.0 Å². The molecule has 0 aliphatic heterocycles. The number of oxime groups is 1. The molecule has 19 heavy (non-hydrogen) atoms. The van der Waals surface area contributed by atoms with Crippen LogP contribution in [0.5, 0.6) is 0 Å². The normalized spacial score (nSPS) is 17.9. The molecule has 110 valence electrons. The number of carbonyl (C=O) groups is 1. The maximum absolute atomic E-state index is 12.6. The van der Waals surface area contributed by atoms with Crippen molar-refractivity contribution >= 4 is 11.7 Å². The maximum atomic E-state index is 12.6. The molecule has 1 aliphatic carbocycles. The number of hydrogen-bond acceptors (Lipinski definition) is 3. The summed E-state index contributed by atoms with van der Waals surface area (Å²) in [7, 11) is 0. The minimum absolute atomic E-state index is 0.00782. The predicted molar refractivity (Wildman–Crippen MR) is 75.9 cm³/mol. The number of amides is 1. The highest BCUT2D eigenvalue weighted by Gasteiger charge is 2.38. The third kappa shape index (κ3) is 4.40. The average molecular weight is 269 g/mol. The zero-order chi connectivity index (χ0) is 14.6. The van der Waals surface area contributed by atoms with Gasteiger partial charge >= 0.3 is 0 Å². The van der Waals surface area contributed by atoms with E-state index in [1.165, 1.54) is 0 Å². The van der Waals surface area contributed by atoms with Gasteiger partial charge in [-0.25, -0.2) is 0 Å². The predicted octanol–water partition coefficient (Wildman–Crippen LogP) is 2.04. The summed E-state index contributed by atoms with van der Waals surface area (Å²) in [6.07, 6.45) is 3.14. The molecule has 1 atom stereocenters. The number of hydrogen-bond donors (Lipinski definition) is 2. The molecule has 1 amide bonds. The molecule has 5 nitrogen and oxygen atoms in total. The number of amidine groups is 1. The van der Waals surface area contributed by atoms with Crippen molar-refractivity contribution in [2.45, 2.75) is 53.0 Å². The first-order valence-corrected chi connectivity index (χ1v) is 7.16. The third-order valence-corrected chi connectivity index (χ3v) is 3.58. The Morgan fingerprint density at radius 1 is 1.37 bits per heavy atom. The number of nitrogens with zero attached hydrogens (tertiary/aromatic N) is 2. The number of carbonyl (C=O) groups excluding carboxylic acids is 1. The van der Waals surface area contributed by atoms with Crippen LogP contribution in [0.2, 0.25) is 0 Å². The quantitative estimate of drug-likeness (QED) is 0.321. The standard InChI is InChI=1S/C14H27N3O2/c1-9(2)7-8-17(11-5-6-11)14(18)12(10(3)4)13(15)16-19/h9-12,19H,5-8H2,1-4H3,(H2,15,16). The minimum atomic E-state index is -0.516. The molecule has 5 heteroatoms. The fraction of sp³-hybridized carbons (Fsp3) is 0.857. The Labute approximate surface area is 115 Å². The molecular weight excluding hydrogens is 242 g/mol. The van der Waals surface area contributed by atoms with E-state index < -0.39 is 5.92 Å². The first-order valence-electron chi connectivity index (χ1n) is 7.16. The summed E-state index contributed by atoms with van der Waals surface area (Å²) in [4.78, 5) is 14.6. The van der Waals surface area contributed by atoms with Gasteiger partial charge in [-0.05, 0) is 31.1 Å². The molecule has 1 rings (SSSR count). The largest absolute Gasteiger partial charge is 0.409 e. The van der Waals surface area contributed by atoms with Crippen LogP contribution in [0.15, 0.2) is 5.16 Å². The SMILES string of the molecule is CC(C)CCN(C(=O)C(C(N)=NO)C(C)C)C1CC1. The Bertz CT molecular complexity index is 336. The van der Waals surface area contributed by atoms with Crippen LogP contribution in [0.3, 0.4) is 0 Å². The van der Waals surface area contributed by atoms with Gasteiger partial charge in [-0.1, -0.05) is 32.9 Å². The zero-order valence-electron chi connectivity index (χ0n) is 12.5. The lowest BCUT2D eigenvalue weighted by Gasteiger charge is -2.29. The average Bonchev–Trinajstić information content (AvgIpc) is 3.12. The molecule has 0 heterocycles. The molecule has 0 bridgehead atoms. The van der Waals surface area contributed by atoms with Gasteiger partial charge in [0.1, 0.15) is 5.92 Å². The first-order chi connectivity index (χ1) is 8.88. The van der Waals surface area contributed by atoms with Gasteiger partial charge in [0.05, 0.1) is 0 Å². The van der Waals surface area contributed by atoms with Gasteiger partial charge in [-0.15, -0.1) is 0 Å².